The smallest absolute Gasteiger partial charge is 0.426 e. The number of benzene rings is 2. The first-order valence-corrected chi connectivity index (χ1v) is 17.2. The molecule has 0 bridgehead atoms. The number of likely N-dealkylation sites (tertiary alicyclic amines) is 1. The molecule has 4 aromatic rings. The summed E-state index contributed by atoms with van der Waals surface area (Å²) in [6, 6.07) is 9.97. The first-order valence-electron chi connectivity index (χ1n) is 14.4. The van der Waals surface area contributed by atoms with Gasteiger partial charge in [-0.05, 0) is 82.2 Å². The molecule has 5 rings (SSSR count). The van der Waals surface area contributed by atoms with Crippen molar-refractivity contribution in [3.8, 4) is 22.6 Å². The van der Waals surface area contributed by atoms with Gasteiger partial charge in [0.2, 0.25) is 14.2 Å². The summed E-state index contributed by atoms with van der Waals surface area (Å²) < 4.78 is 68.7. The second-order valence-electron chi connectivity index (χ2n) is 11.7. The normalized spacial score (nSPS) is 14.2. The zero-order valence-corrected chi connectivity index (χ0v) is 28.1. The van der Waals surface area contributed by atoms with Crippen molar-refractivity contribution < 1.29 is 31.5 Å². The van der Waals surface area contributed by atoms with E-state index in [0.29, 0.717) is 17.1 Å². The molecule has 1 aliphatic heterocycles. The second kappa shape index (κ2) is 13.9. The molecule has 0 saturated carbocycles. The maximum absolute atomic E-state index is 15.6. The van der Waals surface area contributed by atoms with E-state index in [-0.39, 0.29) is 11.6 Å². The van der Waals surface area contributed by atoms with Crippen LogP contribution in [-0.2, 0) is 21.1 Å². The number of ether oxygens (including phenoxy) is 2. The molecule has 1 atom stereocenters. The number of nitrogens with one attached hydrogen (secondary N) is 2. The van der Waals surface area contributed by atoms with Crippen LogP contribution in [0.25, 0.3) is 11.1 Å². The Morgan fingerprint density at radius 3 is 2.60 bits per heavy atom. The van der Waals surface area contributed by atoms with Crippen molar-refractivity contribution in [1.29, 1.82) is 0 Å². The van der Waals surface area contributed by atoms with Gasteiger partial charge >= 0.3 is 6.09 Å². The van der Waals surface area contributed by atoms with Crippen LogP contribution in [0.3, 0.4) is 0 Å². The van der Waals surface area contributed by atoms with Crippen LogP contribution >= 0.6 is 22.9 Å². The fourth-order valence-corrected chi connectivity index (χ4v) is 7.52. The highest BCUT2D eigenvalue weighted by atomic mass is 35.5. The fourth-order valence-electron chi connectivity index (χ4n) is 4.67. The summed E-state index contributed by atoms with van der Waals surface area (Å²) in [5, 5.41) is 0.0610. The van der Waals surface area contributed by atoms with Crippen LogP contribution in [0.2, 0.25) is 5.02 Å². The number of anilines is 1. The van der Waals surface area contributed by atoms with Crippen molar-refractivity contribution in [3.05, 3.63) is 94.6 Å². The molecule has 47 heavy (non-hydrogen) atoms. The molecule has 10 nitrogen and oxygen atoms in total. The average Bonchev–Trinajstić information content (AvgIpc) is 3.47. The van der Waals surface area contributed by atoms with E-state index in [1.165, 1.54) is 5.38 Å². The van der Waals surface area contributed by atoms with Crippen molar-refractivity contribution in [3.63, 3.8) is 0 Å². The molecular weight excluding hydrogens is 672 g/mol. The molecule has 1 aliphatic rings. The van der Waals surface area contributed by atoms with Crippen molar-refractivity contribution in [2.45, 2.75) is 48.9 Å². The minimum atomic E-state index is -4.39. The lowest BCUT2D eigenvalue weighted by molar-refractivity contribution is 0.0541. The number of pyridine rings is 1. The highest BCUT2D eigenvalue weighted by Gasteiger charge is 2.33. The van der Waals surface area contributed by atoms with Crippen LogP contribution in [0.5, 0.6) is 11.5 Å². The number of halogens is 3. The van der Waals surface area contributed by atoms with Gasteiger partial charge in [-0.25, -0.2) is 32.4 Å². The van der Waals surface area contributed by atoms with Crippen molar-refractivity contribution >= 4 is 44.7 Å². The molecule has 0 aliphatic carbocycles. The maximum atomic E-state index is 15.6. The molecule has 0 spiro atoms. The minimum absolute atomic E-state index is 0.00159. The Morgan fingerprint density at radius 1 is 1.15 bits per heavy atom. The van der Waals surface area contributed by atoms with E-state index in [2.05, 4.69) is 32.3 Å². The van der Waals surface area contributed by atoms with E-state index in [4.69, 9.17) is 21.1 Å². The minimum Gasteiger partial charge on any atom is -0.454 e. The summed E-state index contributed by atoms with van der Waals surface area (Å²) >= 11 is 7.01. The third-order valence-corrected chi connectivity index (χ3v) is 10.5. The van der Waals surface area contributed by atoms with E-state index in [0.717, 1.165) is 60.3 Å². The van der Waals surface area contributed by atoms with Gasteiger partial charge in [0.05, 0.1) is 5.69 Å². The lowest BCUT2D eigenvalue weighted by atomic mass is 10.0. The number of carbonyl (C=O) groups is 1. The zero-order chi connectivity index (χ0) is 33.9. The van der Waals surface area contributed by atoms with Gasteiger partial charge in [0.15, 0.2) is 17.4 Å². The number of amides is 1. The Morgan fingerprint density at radius 2 is 1.91 bits per heavy atom. The molecule has 0 radical (unpaired) electrons. The molecule has 248 valence electrons. The van der Waals surface area contributed by atoms with Crippen molar-refractivity contribution in [1.82, 2.24) is 20.3 Å². The molecule has 1 saturated heterocycles. The van der Waals surface area contributed by atoms with Crippen molar-refractivity contribution in [2.75, 3.05) is 18.5 Å². The van der Waals surface area contributed by atoms with Crippen LogP contribution in [0, 0.1) is 11.6 Å². The van der Waals surface area contributed by atoms with Gasteiger partial charge in [0.25, 0.3) is 0 Å². The summed E-state index contributed by atoms with van der Waals surface area (Å²) in [6.07, 6.45) is 2.99. The molecule has 1 fully saturated rings. The van der Waals surface area contributed by atoms with Gasteiger partial charge in [-0.15, -0.1) is 17.9 Å². The van der Waals surface area contributed by atoms with E-state index in [9.17, 15) is 13.2 Å². The number of hydrogen-bond donors (Lipinski definition) is 2. The number of sulfone groups is 1. The van der Waals surface area contributed by atoms with E-state index in [1.807, 2.05) is 6.07 Å². The molecule has 2 aromatic carbocycles. The maximum Gasteiger partial charge on any atom is 0.426 e. The lowest BCUT2D eigenvalue weighted by Gasteiger charge is -2.30. The topological polar surface area (TPSA) is 123 Å². The Hall–Kier alpha value is -4.11. The lowest BCUT2D eigenvalue weighted by Crippen LogP contribution is -2.36. The number of carbonyl (C=O) groups excluding carboxylic acids is 1. The van der Waals surface area contributed by atoms with Crippen LogP contribution in [0.4, 0.5) is 19.4 Å². The highest BCUT2D eigenvalue weighted by molar-refractivity contribution is 7.93. The summed E-state index contributed by atoms with van der Waals surface area (Å²) in [5.74, 6) is -2.29. The Bertz CT molecular complexity index is 1910. The number of rotatable bonds is 11. The Labute approximate surface area is 280 Å². The van der Waals surface area contributed by atoms with Crippen LogP contribution < -0.4 is 15.6 Å². The molecule has 2 N–H and O–H groups in total. The van der Waals surface area contributed by atoms with E-state index >= 15 is 8.78 Å². The zero-order valence-electron chi connectivity index (χ0n) is 25.7. The second-order valence-corrected chi connectivity index (χ2v) is 15.2. The third-order valence-electron chi connectivity index (χ3n) is 6.95. The number of hydrogen-bond acceptors (Lipinski definition) is 10. The first kappa shape index (κ1) is 34.2. The van der Waals surface area contributed by atoms with Gasteiger partial charge in [-0.1, -0.05) is 17.7 Å². The number of hydrazine groups is 1. The summed E-state index contributed by atoms with van der Waals surface area (Å²) in [6.45, 7) is 11.3. The Kier molecular flexibility index (Phi) is 10.2. The summed E-state index contributed by atoms with van der Waals surface area (Å²) in [7, 11) is -4.39. The fraction of sp³-hybridized carbons (Fsp3) is 0.281. The number of nitrogens with zero attached hydrogens (tertiary/aromatic N) is 3. The largest absolute Gasteiger partial charge is 0.454 e. The SMILES string of the molecule is C=CC(c1cc(F)c(Oc2ccc(Cl)cc2-c2ccnc(CN3CCC3)c2)cc1F)S(=O)(=O)c1nc(NNC(=O)OC(C)(C)C)cs1. The molecule has 1 amide bonds. The van der Waals surface area contributed by atoms with Gasteiger partial charge in [-0.3, -0.25) is 15.3 Å². The van der Waals surface area contributed by atoms with Gasteiger partial charge in [0.1, 0.15) is 22.4 Å². The van der Waals surface area contributed by atoms with Crippen LogP contribution in [0.15, 0.2) is 71.0 Å². The first-order chi connectivity index (χ1) is 22.2. The predicted molar refractivity (Wildman–Crippen MR) is 176 cm³/mol. The van der Waals surface area contributed by atoms with Gasteiger partial charge in [0, 0.05) is 40.3 Å². The number of aromatic nitrogens is 2. The van der Waals surface area contributed by atoms with Crippen molar-refractivity contribution in [2.24, 2.45) is 0 Å². The summed E-state index contributed by atoms with van der Waals surface area (Å²) in [5.41, 5.74) is 5.58. The Balaban J connectivity index is 1.37. The number of thiazole rings is 1. The summed E-state index contributed by atoms with van der Waals surface area (Å²) in [4.78, 5) is 22.6. The highest BCUT2D eigenvalue weighted by Crippen LogP contribution is 2.40. The monoisotopic (exact) mass is 703 g/mol. The molecular formula is C32H32ClF2N5O5S2. The molecule has 1 unspecified atom stereocenters. The predicted octanol–water partition coefficient (Wildman–Crippen LogP) is 7.69. The van der Waals surface area contributed by atoms with Crippen LogP contribution in [-0.4, -0.2) is 48.1 Å². The van der Waals surface area contributed by atoms with Gasteiger partial charge < -0.3 is 9.47 Å². The molecule has 2 aromatic heterocycles. The van der Waals surface area contributed by atoms with E-state index < -0.39 is 54.1 Å². The average molecular weight is 704 g/mol. The quantitative estimate of drug-likeness (QED) is 0.120. The molecule has 15 heteroatoms. The standard InChI is InChI=1S/C32H32ClF2N5O5S2/c1-5-28(47(42,43)31-37-29(18-46-31)38-39-30(41)45-32(2,3)4)23-15-25(35)27(16-24(23)34)44-26-8-7-20(33)14-22(26)19-9-10-36-21(13-19)17-40-11-6-12-40/h5,7-10,13-16,18,28,38H,1,6,11-12,17H2,2-4H3,(H,39,41). The molecule has 3 heterocycles. The van der Waals surface area contributed by atoms with Gasteiger partial charge in [-0.2, -0.15) is 0 Å². The van der Waals surface area contributed by atoms with Crippen LogP contribution in [0.1, 0.15) is 43.7 Å². The van der Waals surface area contributed by atoms with E-state index in [1.54, 1.807) is 51.2 Å². The third kappa shape index (κ3) is 8.25.